The molecule has 0 saturated carbocycles. The third-order valence-corrected chi connectivity index (χ3v) is 1.89. The molecule has 0 heterocycles. The molecule has 0 aromatic heterocycles. The van der Waals surface area contributed by atoms with Gasteiger partial charge in [0.15, 0.2) is 6.61 Å². The number of urea groups is 1. The molecule has 0 fully saturated rings. The van der Waals surface area contributed by atoms with E-state index in [1.165, 1.54) is 4.90 Å². The normalized spacial score (nSPS) is 9.53. The van der Waals surface area contributed by atoms with Crippen LogP contribution in [0.3, 0.4) is 0 Å². The van der Waals surface area contributed by atoms with Gasteiger partial charge in [-0.15, -0.1) is 0 Å². The molecule has 92 valence electrons. The first-order valence-electron chi connectivity index (χ1n) is 4.92. The van der Waals surface area contributed by atoms with Crippen molar-refractivity contribution in [2.75, 3.05) is 26.0 Å². The number of carboxylic acid groups (broad SMARTS) is 1. The van der Waals surface area contributed by atoms with Gasteiger partial charge in [0.2, 0.25) is 0 Å². The summed E-state index contributed by atoms with van der Waals surface area (Å²) in [5.74, 6) is -0.746. The Bertz CT molecular complexity index is 418. The van der Waals surface area contributed by atoms with Crippen molar-refractivity contribution in [3.05, 3.63) is 24.3 Å². The van der Waals surface area contributed by atoms with Crippen LogP contribution in [-0.2, 0) is 4.79 Å². The number of amides is 2. The fourth-order valence-electron chi connectivity index (χ4n) is 1.06. The van der Waals surface area contributed by atoms with Gasteiger partial charge in [-0.3, -0.25) is 0 Å². The quantitative estimate of drug-likeness (QED) is 0.827. The molecular weight excluding hydrogens is 224 g/mol. The molecule has 0 aliphatic rings. The summed E-state index contributed by atoms with van der Waals surface area (Å²) in [5, 5.41) is 11.1. The zero-order chi connectivity index (χ0) is 12.8. The minimum Gasteiger partial charge on any atom is -0.480 e. The van der Waals surface area contributed by atoms with Crippen molar-refractivity contribution in [2.24, 2.45) is 0 Å². The molecule has 0 radical (unpaired) electrons. The van der Waals surface area contributed by atoms with Crippen LogP contribution in [0.25, 0.3) is 0 Å². The number of para-hydroxylation sites is 2. The van der Waals surface area contributed by atoms with Gasteiger partial charge in [-0.25, -0.2) is 9.59 Å². The molecule has 2 amide bonds. The molecule has 0 aliphatic heterocycles. The molecule has 0 atom stereocenters. The summed E-state index contributed by atoms with van der Waals surface area (Å²) in [6.07, 6.45) is 0. The van der Waals surface area contributed by atoms with Crippen molar-refractivity contribution < 1.29 is 19.4 Å². The van der Waals surface area contributed by atoms with Crippen LogP contribution in [0.2, 0.25) is 0 Å². The number of aliphatic carboxylic acids is 1. The van der Waals surface area contributed by atoms with Crippen LogP contribution in [-0.4, -0.2) is 42.7 Å². The lowest BCUT2D eigenvalue weighted by Crippen LogP contribution is -2.27. The fourth-order valence-corrected chi connectivity index (χ4v) is 1.06. The molecule has 1 aromatic rings. The Labute approximate surface area is 98.8 Å². The van der Waals surface area contributed by atoms with Gasteiger partial charge in [0.25, 0.3) is 0 Å². The number of rotatable bonds is 4. The van der Waals surface area contributed by atoms with Crippen LogP contribution in [0.1, 0.15) is 0 Å². The highest BCUT2D eigenvalue weighted by Crippen LogP contribution is 2.23. The van der Waals surface area contributed by atoms with E-state index < -0.39 is 12.6 Å². The third-order valence-electron chi connectivity index (χ3n) is 1.89. The summed E-state index contributed by atoms with van der Waals surface area (Å²) in [4.78, 5) is 23.2. The number of hydrogen-bond acceptors (Lipinski definition) is 3. The Balaban J connectivity index is 2.77. The van der Waals surface area contributed by atoms with E-state index in [1.807, 2.05) is 0 Å². The third kappa shape index (κ3) is 4.02. The first kappa shape index (κ1) is 12.8. The number of nitrogens with zero attached hydrogens (tertiary/aromatic N) is 1. The van der Waals surface area contributed by atoms with Crippen LogP contribution in [0.4, 0.5) is 10.5 Å². The SMILES string of the molecule is CN(C)C(=O)Nc1ccccc1OCC(=O)O. The zero-order valence-corrected chi connectivity index (χ0v) is 9.64. The summed E-state index contributed by atoms with van der Waals surface area (Å²) < 4.78 is 5.05. The van der Waals surface area contributed by atoms with Crippen molar-refractivity contribution in [3.8, 4) is 5.75 Å². The summed E-state index contributed by atoms with van der Waals surface area (Å²) in [6.45, 7) is -0.450. The maximum Gasteiger partial charge on any atom is 0.341 e. The number of hydrogen-bond donors (Lipinski definition) is 2. The van der Waals surface area contributed by atoms with E-state index in [2.05, 4.69) is 5.32 Å². The zero-order valence-electron chi connectivity index (χ0n) is 9.64. The number of nitrogens with one attached hydrogen (secondary N) is 1. The van der Waals surface area contributed by atoms with Crippen molar-refractivity contribution >= 4 is 17.7 Å². The van der Waals surface area contributed by atoms with Gasteiger partial charge < -0.3 is 20.1 Å². The molecule has 1 rings (SSSR count). The van der Waals surface area contributed by atoms with Gasteiger partial charge in [0.1, 0.15) is 5.75 Å². The van der Waals surface area contributed by atoms with Gasteiger partial charge in [-0.1, -0.05) is 12.1 Å². The van der Waals surface area contributed by atoms with Crippen LogP contribution in [0.5, 0.6) is 5.75 Å². The van der Waals surface area contributed by atoms with Crippen molar-refractivity contribution in [3.63, 3.8) is 0 Å². The summed E-state index contributed by atoms with van der Waals surface area (Å²) >= 11 is 0. The highest BCUT2D eigenvalue weighted by Gasteiger charge is 2.09. The van der Waals surface area contributed by atoms with E-state index in [0.717, 1.165) is 0 Å². The van der Waals surface area contributed by atoms with Gasteiger partial charge >= 0.3 is 12.0 Å². The molecule has 1 aromatic carbocycles. The van der Waals surface area contributed by atoms with Crippen LogP contribution in [0, 0.1) is 0 Å². The molecule has 0 aliphatic carbocycles. The van der Waals surface area contributed by atoms with E-state index in [4.69, 9.17) is 9.84 Å². The Morgan fingerprint density at radius 1 is 1.35 bits per heavy atom. The Hall–Kier alpha value is -2.24. The molecular formula is C11H14N2O4. The maximum absolute atomic E-state index is 11.4. The first-order valence-corrected chi connectivity index (χ1v) is 4.92. The Morgan fingerprint density at radius 2 is 2.00 bits per heavy atom. The number of anilines is 1. The van der Waals surface area contributed by atoms with Crippen molar-refractivity contribution in [1.82, 2.24) is 4.90 Å². The smallest absolute Gasteiger partial charge is 0.341 e. The second-order valence-electron chi connectivity index (χ2n) is 3.50. The molecule has 6 nitrogen and oxygen atoms in total. The second-order valence-corrected chi connectivity index (χ2v) is 3.50. The number of carbonyl (C=O) groups excluding carboxylic acids is 1. The molecule has 0 unspecified atom stereocenters. The topological polar surface area (TPSA) is 78.9 Å². The number of carboxylic acids is 1. The van der Waals surface area contributed by atoms with Crippen molar-refractivity contribution in [1.29, 1.82) is 0 Å². The van der Waals surface area contributed by atoms with E-state index >= 15 is 0 Å². The average molecular weight is 238 g/mol. The van der Waals surface area contributed by atoms with E-state index in [9.17, 15) is 9.59 Å². The first-order chi connectivity index (χ1) is 8.00. The van der Waals surface area contributed by atoms with E-state index in [0.29, 0.717) is 11.4 Å². The summed E-state index contributed by atoms with van der Waals surface area (Å²) in [7, 11) is 3.21. The van der Waals surface area contributed by atoms with Crippen LogP contribution >= 0.6 is 0 Å². The highest BCUT2D eigenvalue weighted by molar-refractivity contribution is 5.90. The lowest BCUT2D eigenvalue weighted by molar-refractivity contribution is -0.139. The monoisotopic (exact) mass is 238 g/mol. The largest absolute Gasteiger partial charge is 0.480 e. The van der Waals surface area contributed by atoms with Crippen LogP contribution in [0.15, 0.2) is 24.3 Å². The highest BCUT2D eigenvalue weighted by atomic mass is 16.5. The van der Waals surface area contributed by atoms with E-state index in [-0.39, 0.29) is 6.03 Å². The number of benzene rings is 1. The average Bonchev–Trinajstić information content (AvgIpc) is 2.27. The predicted molar refractivity (Wildman–Crippen MR) is 62.3 cm³/mol. The van der Waals surface area contributed by atoms with E-state index in [1.54, 1.807) is 38.4 Å². The molecule has 0 bridgehead atoms. The minimum absolute atomic E-state index is 0.309. The Morgan fingerprint density at radius 3 is 2.59 bits per heavy atom. The molecule has 6 heteroatoms. The minimum atomic E-state index is -1.07. The van der Waals surface area contributed by atoms with Crippen molar-refractivity contribution in [2.45, 2.75) is 0 Å². The molecule has 2 N–H and O–H groups in total. The summed E-state index contributed by atoms with van der Waals surface area (Å²) in [6, 6.07) is 6.34. The number of carbonyl (C=O) groups is 2. The van der Waals surface area contributed by atoms with Crippen LogP contribution < -0.4 is 10.1 Å². The second kappa shape index (κ2) is 5.74. The maximum atomic E-state index is 11.4. The van der Waals surface area contributed by atoms with Gasteiger partial charge in [0.05, 0.1) is 5.69 Å². The number of ether oxygens (including phenoxy) is 1. The molecule has 17 heavy (non-hydrogen) atoms. The fraction of sp³-hybridized carbons (Fsp3) is 0.273. The van der Waals surface area contributed by atoms with Gasteiger partial charge in [-0.2, -0.15) is 0 Å². The van der Waals surface area contributed by atoms with Gasteiger partial charge in [0, 0.05) is 14.1 Å². The van der Waals surface area contributed by atoms with Gasteiger partial charge in [-0.05, 0) is 12.1 Å². The lowest BCUT2D eigenvalue weighted by atomic mass is 10.3. The summed E-state index contributed by atoms with van der Waals surface area (Å²) in [5.41, 5.74) is 0.437. The molecule has 0 saturated heterocycles. The standard InChI is InChI=1S/C11H14N2O4/c1-13(2)11(16)12-8-5-3-4-6-9(8)17-7-10(14)15/h3-6H,7H2,1-2H3,(H,12,16)(H,14,15). The Kier molecular flexibility index (Phi) is 4.33. The molecule has 0 spiro atoms. The predicted octanol–water partition coefficient (Wildman–Crippen LogP) is 1.24. The lowest BCUT2D eigenvalue weighted by Gasteiger charge is -2.14.